The maximum absolute atomic E-state index is 14.3. The lowest BCUT2D eigenvalue weighted by Crippen LogP contribution is -2.76. The number of carbonyl (C=O) groups is 3. The Morgan fingerprint density at radius 1 is 0.938 bits per heavy atom. The first kappa shape index (κ1) is 34.9. The fourth-order valence-electron chi connectivity index (χ4n) is 6.95. The molecular formula is C37H48N6O5. The Morgan fingerprint density at radius 3 is 2.35 bits per heavy atom. The van der Waals surface area contributed by atoms with Crippen LogP contribution >= 0.6 is 0 Å². The lowest BCUT2D eigenvalue weighted by atomic mass is 9.98. The van der Waals surface area contributed by atoms with Crippen LogP contribution in [0, 0.1) is 0 Å². The molecule has 4 amide bonds. The van der Waals surface area contributed by atoms with E-state index in [4.69, 9.17) is 4.74 Å². The quantitative estimate of drug-likeness (QED) is 0.361. The summed E-state index contributed by atoms with van der Waals surface area (Å²) in [6.07, 6.45) is 1.60. The molecule has 2 N–H and O–H groups in total. The molecule has 11 nitrogen and oxygen atoms in total. The molecule has 3 aliphatic rings. The van der Waals surface area contributed by atoms with E-state index >= 15 is 0 Å². The van der Waals surface area contributed by atoms with Gasteiger partial charge in [-0.2, -0.15) is 0 Å². The molecule has 6 rings (SSSR count). The van der Waals surface area contributed by atoms with E-state index < -0.39 is 12.2 Å². The van der Waals surface area contributed by atoms with E-state index in [1.165, 1.54) is 0 Å². The van der Waals surface area contributed by atoms with Crippen molar-refractivity contribution in [3.8, 4) is 5.75 Å². The topological polar surface area (TPSA) is 109 Å². The second-order valence-electron chi connectivity index (χ2n) is 12.8. The van der Waals surface area contributed by atoms with Gasteiger partial charge in [-0.3, -0.25) is 14.5 Å². The third-order valence-electron chi connectivity index (χ3n) is 9.41. The molecule has 256 valence electrons. The van der Waals surface area contributed by atoms with Crippen LogP contribution in [0.5, 0.6) is 5.75 Å². The number of amides is 4. The first-order chi connectivity index (χ1) is 22.8. The van der Waals surface area contributed by atoms with Crippen LogP contribution in [0.2, 0.25) is 0 Å². The Kier molecular flexibility index (Phi) is 11.4. The number of carbonyl (C=O) groups excluding carboxylic acids is 3. The van der Waals surface area contributed by atoms with Gasteiger partial charge >= 0.3 is 6.03 Å². The lowest BCUT2D eigenvalue weighted by molar-refractivity contribution is -0.187. The van der Waals surface area contributed by atoms with Crippen molar-refractivity contribution in [2.45, 2.75) is 64.6 Å². The van der Waals surface area contributed by atoms with Gasteiger partial charge in [0.15, 0.2) is 0 Å². The van der Waals surface area contributed by atoms with E-state index in [0.29, 0.717) is 19.1 Å². The van der Waals surface area contributed by atoms with E-state index in [1.54, 1.807) is 51.1 Å². The predicted octanol–water partition coefficient (Wildman–Crippen LogP) is 3.82. The smallest absolute Gasteiger partial charge is 0.334 e. The number of fused-ring (bicyclic) bond motifs is 1. The summed E-state index contributed by atoms with van der Waals surface area (Å²) in [6, 6.07) is 24.0. The molecule has 11 heteroatoms. The Morgan fingerprint density at radius 2 is 1.62 bits per heavy atom. The van der Waals surface area contributed by atoms with Crippen LogP contribution in [0.3, 0.4) is 0 Å². The van der Waals surface area contributed by atoms with E-state index in [0.717, 1.165) is 54.9 Å². The SMILES string of the molecule is C.CN(Cc1cccc(CN2C[C@H]3N(C(=O)CN(C)N3C(=O)NCc3ccccc3)[C@@H](Cc3ccc(O)cc3)C2=O)c1)C1CCOCC1. The van der Waals surface area contributed by atoms with Crippen LogP contribution < -0.4 is 5.32 Å². The second-order valence-corrected chi connectivity index (χ2v) is 12.8. The molecule has 0 unspecified atom stereocenters. The van der Waals surface area contributed by atoms with Gasteiger partial charge in [0, 0.05) is 52.4 Å². The van der Waals surface area contributed by atoms with Crippen molar-refractivity contribution >= 4 is 17.8 Å². The molecule has 0 radical (unpaired) electrons. The van der Waals surface area contributed by atoms with Gasteiger partial charge in [0.25, 0.3) is 0 Å². The molecule has 0 aliphatic carbocycles. The van der Waals surface area contributed by atoms with Crippen LogP contribution in [-0.2, 0) is 40.4 Å². The molecule has 3 aromatic rings. The van der Waals surface area contributed by atoms with Crippen LogP contribution in [0.4, 0.5) is 4.79 Å². The van der Waals surface area contributed by atoms with E-state index in [9.17, 15) is 19.5 Å². The number of piperazine rings is 1. The first-order valence-electron chi connectivity index (χ1n) is 16.3. The zero-order valence-corrected chi connectivity index (χ0v) is 27.1. The number of likely N-dealkylation sites (N-methyl/N-ethyl adjacent to an activating group) is 1. The zero-order valence-electron chi connectivity index (χ0n) is 27.1. The number of rotatable bonds is 9. The van der Waals surface area contributed by atoms with E-state index in [1.807, 2.05) is 42.5 Å². The fourth-order valence-corrected chi connectivity index (χ4v) is 6.95. The lowest BCUT2D eigenvalue weighted by Gasteiger charge is -2.54. The number of urea groups is 1. The number of ether oxygens (including phenoxy) is 1. The Balaban J connectivity index is 0.00000451. The Bertz CT molecular complexity index is 1550. The zero-order chi connectivity index (χ0) is 32.9. The number of aromatic hydroxyl groups is 1. The summed E-state index contributed by atoms with van der Waals surface area (Å²) < 4.78 is 5.54. The monoisotopic (exact) mass is 656 g/mol. The van der Waals surface area contributed by atoms with Crippen molar-refractivity contribution in [3.05, 3.63) is 101 Å². The van der Waals surface area contributed by atoms with Crippen molar-refractivity contribution in [3.63, 3.8) is 0 Å². The molecule has 2 atom stereocenters. The molecule has 0 spiro atoms. The van der Waals surface area contributed by atoms with Gasteiger partial charge in [-0.05, 0) is 54.3 Å². The van der Waals surface area contributed by atoms with Crippen molar-refractivity contribution in [2.24, 2.45) is 0 Å². The average molecular weight is 657 g/mol. The van der Waals surface area contributed by atoms with Gasteiger partial charge in [0.2, 0.25) is 11.8 Å². The van der Waals surface area contributed by atoms with Gasteiger partial charge in [0.1, 0.15) is 18.0 Å². The summed E-state index contributed by atoms with van der Waals surface area (Å²) in [5.41, 5.74) is 3.93. The Labute approximate surface area is 283 Å². The minimum atomic E-state index is -0.813. The third-order valence-corrected chi connectivity index (χ3v) is 9.41. The highest BCUT2D eigenvalue weighted by Gasteiger charge is 2.50. The molecule has 3 fully saturated rings. The molecular weight excluding hydrogens is 608 g/mol. The number of phenols is 1. The third kappa shape index (κ3) is 7.98. The number of nitrogens with one attached hydrogen (secondary N) is 1. The van der Waals surface area contributed by atoms with Gasteiger partial charge in [-0.25, -0.2) is 14.8 Å². The van der Waals surface area contributed by atoms with Crippen molar-refractivity contribution in [1.29, 1.82) is 0 Å². The fraction of sp³-hybridized carbons (Fsp3) is 0.432. The number of nitrogens with zero attached hydrogens (tertiary/aromatic N) is 5. The summed E-state index contributed by atoms with van der Waals surface area (Å²) in [5.74, 6) is -0.247. The highest BCUT2D eigenvalue weighted by atomic mass is 16.5. The minimum Gasteiger partial charge on any atom is -0.508 e. The summed E-state index contributed by atoms with van der Waals surface area (Å²) in [6.45, 7) is 3.19. The van der Waals surface area contributed by atoms with Crippen LogP contribution in [0.1, 0.15) is 42.5 Å². The molecule has 0 saturated carbocycles. The van der Waals surface area contributed by atoms with Gasteiger partial charge in [-0.1, -0.05) is 74.2 Å². The molecule has 3 saturated heterocycles. The maximum atomic E-state index is 14.3. The number of hydrazine groups is 1. The number of hydrogen-bond donors (Lipinski definition) is 2. The second kappa shape index (κ2) is 15.6. The summed E-state index contributed by atoms with van der Waals surface area (Å²) in [7, 11) is 3.87. The predicted molar refractivity (Wildman–Crippen MR) is 183 cm³/mol. The minimum absolute atomic E-state index is 0. The highest BCUT2D eigenvalue weighted by Crippen LogP contribution is 2.29. The maximum Gasteiger partial charge on any atom is 0.334 e. The molecule has 48 heavy (non-hydrogen) atoms. The van der Waals surface area contributed by atoms with E-state index in [-0.39, 0.29) is 50.5 Å². The van der Waals surface area contributed by atoms with Gasteiger partial charge in [-0.15, -0.1) is 0 Å². The highest BCUT2D eigenvalue weighted by molar-refractivity contribution is 5.91. The number of benzene rings is 3. The van der Waals surface area contributed by atoms with Gasteiger partial charge < -0.3 is 25.0 Å². The van der Waals surface area contributed by atoms with Crippen molar-refractivity contribution < 1.29 is 24.2 Å². The first-order valence-corrected chi connectivity index (χ1v) is 16.3. The van der Waals surface area contributed by atoms with Crippen molar-refractivity contribution in [2.75, 3.05) is 40.4 Å². The number of hydrogen-bond acceptors (Lipinski definition) is 7. The summed E-state index contributed by atoms with van der Waals surface area (Å²) >= 11 is 0. The Hall–Kier alpha value is -4.45. The molecule has 3 heterocycles. The van der Waals surface area contributed by atoms with Gasteiger partial charge in [0.05, 0.1) is 13.1 Å². The summed E-state index contributed by atoms with van der Waals surface area (Å²) in [5, 5.41) is 16.1. The van der Waals surface area contributed by atoms with E-state index in [2.05, 4.69) is 29.4 Å². The number of phenolic OH excluding ortho intramolecular Hbond substituents is 1. The molecule has 0 aromatic heterocycles. The standard InChI is InChI=1S/C36H44N6O5.CH4/c1-38(30-15-17-47-18-16-30)22-28-9-6-10-29(19-28)23-40-24-33-41(32(35(40)45)20-26-11-13-31(43)14-12-26)34(44)25-39(2)42(33)36(46)37-21-27-7-4-3-5-8-27;/h3-14,19,30,32-33,43H,15-18,20-25H2,1-2H3,(H,37,46);1H4/t32-,33-;/m0./s1. The molecule has 3 aliphatic heterocycles. The van der Waals surface area contributed by atoms with Crippen LogP contribution in [0.25, 0.3) is 0 Å². The van der Waals surface area contributed by atoms with Crippen molar-refractivity contribution in [1.82, 2.24) is 30.0 Å². The molecule has 0 bridgehead atoms. The largest absolute Gasteiger partial charge is 0.508 e. The molecule has 3 aromatic carbocycles. The summed E-state index contributed by atoms with van der Waals surface area (Å²) in [4.78, 5) is 47.4. The normalized spacial score (nSPS) is 20.4. The van der Waals surface area contributed by atoms with Crippen LogP contribution in [0.15, 0.2) is 78.9 Å². The average Bonchev–Trinajstić information content (AvgIpc) is 3.07. The van der Waals surface area contributed by atoms with Crippen LogP contribution in [-0.4, -0.2) is 106 Å².